The quantitative estimate of drug-likeness (QED) is 0.360. The van der Waals surface area contributed by atoms with E-state index in [0.29, 0.717) is 28.9 Å². The Labute approximate surface area is 199 Å². The number of aryl methyl sites for hydroxylation is 1. The van der Waals surface area contributed by atoms with E-state index in [4.69, 9.17) is 4.74 Å². The number of nitrogens with zero attached hydrogens (tertiary/aromatic N) is 1. The highest BCUT2D eigenvalue weighted by Crippen LogP contribution is 2.29. The van der Waals surface area contributed by atoms with Gasteiger partial charge in [-0.1, -0.05) is 56.7 Å². The Morgan fingerprint density at radius 2 is 1.85 bits per heavy atom. The number of ether oxygens (including phenoxy) is 1. The van der Waals surface area contributed by atoms with Gasteiger partial charge >= 0.3 is 5.97 Å². The molecule has 2 aromatic carbocycles. The highest BCUT2D eigenvalue weighted by atomic mass is 16.5. The van der Waals surface area contributed by atoms with E-state index in [1.165, 1.54) is 50.7 Å². The van der Waals surface area contributed by atoms with Gasteiger partial charge in [0.05, 0.1) is 12.7 Å². The standard InChI is InChI=1S/C27H31N3O4/c1-34-22-13-7-10-19(17-22)25-29-23(15-14-18-8-4-2-3-5-9-18)24(30-25)26(31)28-21-12-6-11-20(16-21)27(32)33/h6-7,10-13,16-18H,2-5,8-9,14-15H2,1H3,(H,28,31)(H,29,30)(H,32,33). The van der Waals surface area contributed by atoms with Gasteiger partial charge in [0.25, 0.3) is 5.91 Å². The number of aromatic amines is 1. The van der Waals surface area contributed by atoms with E-state index in [1.54, 1.807) is 19.2 Å². The average Bonchev–Trinajstić information content (AvgIpc) is 3.11. The number of carboxylic acid groups (broad SMARTS) is 1. The number of aromatic carboxylic acids is 1. The van der Waals surface area contributed by atoms with E-state index < -0.39 is 5.97 Å². The van der Waals surface area contributed by atoms with Crippen molar-refractivity contribution in [2.24, 2.45) is 5.92 Å². The molecule has 0 atom stereocenters. The first-order chi connectivity index (χ1) is 16.5. The molecule has 3 N–H and O–H groups in total. The molecule has 0 aliphatic heterocycles. The molecular formula is C27H31N3O4. The SMILES string of the molecule is COc1cccc(-c2nc(C(=O)Nc3cccc(C(=O)O)c3)c(CCC3CCCCCC3)[nH]2)c1. The number of carboxylic acids is 1. The molecule has 1 aromatic heterocycles. The van der Waals surface area contributed by atoms with Crippen molar-refractivity contribution < 1.29 is 19.4 Å². The van der Waals surface area contributed by atoms with Gasteiger partial charge in [0.1, 0.15) is 17.3 Å². The topological polar surface area (TPSA) is 104 Å². The number of benzene rings is 2. The first-order valence-corrected chi connectivity index (χ1v) is 11.9. The summed E-state index contributed by atoms with van der Waals surface area (Å²) in [4.78, 5) is 32.6. The zero-order valence-electron chi connectivity index (χ0n) is 19.5. The van der Waals surface area contributed by atoms with Gasteiger partial charge in [0.2, 0.25) is 0 Å². The number of rotatable bonds is 8. The molecule has 3 aromatic rings. The lowest BCUT2D eigenvalue weighted by atomic mass is 9.94. The number of imidazole rings is 1. The molecule has 7 heteroatoms. The smallest absolute Gasteiger partial charge is 0.335 e. The lowest BCUT2D eigenvalue weighted by Gasteiger charge is -2.13. The van der Waals surface area contributed by atoms with Crippen molar-refractivity contribution in [3.8, 4) is 17.1 Å². The molecule has 1 aliphatic rings. The zero-order valence-corrected chi connectivity index (χ0v) is 19.5. The van der Waals surface area contributed by atoms with Crippen LogP contribution in [0.25, 0.3) is 11.4 Å². The van der Waals surface area contributed by atoms with Crippen LogP contribution in [0.1, 0.15) is 71.5 Å². The van der Waals surface area contributed by atoms with Crippen molar-refractivity contribution in [1.29, 1.82) is 0 Å². The number of hydrogen-bond acceptors (Lipinski definition) is 4. The number of carbonyl (C=O) groups excluding carboxylic acids is 1. The minimum atomic E-state index is -1.04. The summed E-state index contributed by atoms with van der Waals surface area (Å²) in [7, 11) is 1.61. The highest BCUT2D eigenvalue weighted by Gasteiger charge is 2.21. The number of anilines is 1. The fourth-order valence-corrected chi connectivity index (χ4v) is 4.61. The summed E-state index contributed by atoms with van der Waals surface area (Å²) in [5, 5.41) is 12.1. The molecule has 34 heavy (non-hydrogen) atoms. The van der Waals surface area contributed by atoms with Crippen molar-refractivity contribution in [1.82, 2.24) is 9.97 Å². The fourth-order valence-electron chi connectivity index (χ4n) is 4.61. The molecule has 1 amide bonds. The first-order valence-electron chi connectivity index (χ1n) is 11.9. The lowest BCUT2D eigenvalue weighted by molar-refractivity contribution is 0.0696. The first kappa shape index (κ1) is 23.5. The van der Waals surface area contributed by atoms with E-state index in [0.717, 1.165) is 24.1 Å². The van der Waals surface area contributed by atoms with Gasteiger partial charge < -0.3 is 20.1 Å². The highest BCUT2D eigenvalue weighted by molar-refractivity contribution is 6.04. The van der Waals surface area contributed by atoms with Crippen LogP contribution in [-0.4, -0.2) is 34.1 Å². The Balaban J connectivity index is 1.60. The monoisotopic (exact) mass is 461 g/mol. The summed E-state index contributed by atoms with van der Waals surface area (Å²) >= 11 is 0. The number of methoxy groups -OCH3 is 1. The summed E-state index contributed by atoms with van der Waals surface area (Å²) in [5.74, 6) is 0.586. The van der Waals surface area contributed by atoms with Crippen LogP contribution in [0.2, 0.25) is 0 Å². The predicted molar refractivity (Wildman–Crippen MR) is 131 cm³/mol. The minimum absolute atomic E-state index is 0.116. The largest absolute Gasteiger partial charge is 0.497 e. The lowest BCUT2D eigenvalue weighted by Crippen LogP contribution is -2.15. The summed E-state index contributed by atoms with van der Waals surface area (Å²) in [6.45, 7) is 0. The number of carbonyl (C=O) groups is 2. The normalized spacial score (nSPS) is 14.4. The fraction of sp³-hybridized carbons (Fsp3) is 0.370. The van der Waals surface area contributed by atoms with Gasteiger partial charge in [-0.05, 0) is 49.1 Å². The molecule has 178 valence electrons. The van der Waals surface area contributed by atoms with Crippen LogP contribution >= 0.6 is 0 Å². The molecule has 1 saturated carbocycles. The third-order valence-corrected chi connectivity index (χ3v) is 6.48. The van der Waals surface area contributed by atoms with Crippen LogP contribution in [-0.2, 0) is 6.42 Å². The molecule has 4 rings (SSSR count). The zero-order chi connectivity index (χ0) is 23.9. The molecule has 1 fully saturated rings. The Bertz CT molecular complexity index is 1150. The number of amides is 1. The molecular weight excluding hydrogens is 430 g/mol. The maximum absolute atomic E-state index is 13.2. The second-order valence-corrected chi connectivity index (χ2v) is 8.88. The summed E-state index contributed by atoms with van der Waals surface area (Å²) in [5.41, 5.74) is 2.51. The maximum Gasteiger partial charge on any atom is 0.335 e. The average molecular weight is 462 g/mol. The Kier molecular flexibility index (Phi) is 7.62. The molecule has 1 heterocycles. The van der Waals surface area contributed by atoms with Gasteiger partial charge in [-0.2, -0.15) is 0 Å². The van der Waals surface area contributed by atoms with E-state index in [1.807, 2.05) is 24.3 Å². The van der Waals surface area contributed by atoms with Gasteiger partial charge in [-0.15, -0.1) is 0 Å². The third-order valence-electron chi connectivity index (χ3n) is 6.48. The van der Waals surface area contributed by atoms with E-state index in [9.17, 15) is 14.7 Å². The minimum Gasteiger partial charge on any atom is -0.497 e. The summed E-state index contributed by atoms with van der Waals surface area (Å²) < 4.78 is 5.34. The van der Waals surface area contributed by atoms with Gasteiger partial charge in [0, 0.05) is 16.9 Å². The molecule has 0 bridgehead atoms. The molecule has 0 saturated heterocycles. The van der Waals surface area contributed by atoms with Crippen molar-refractivity contribution >= 4 is 17.6 Å². The van der Waals surface area contributed by atoms with E-state index >= 15 is 0 Å². The molecule has 0 radical (unpaired) electrons. The summed E-state index contributed by atoms with van der Waals surface area (Å²) in [6.07, 6.45) is 9.38. The van der Waals surface area contributed by atoms with E-state index in [-0.39, 0.29) is 11.5 Å². The van der Waals surface area contributed by atoms with E-state index in [2.05, 4.69) is 15.3 Å². The molecule has 0 unspecified atom stereocenters. The Morgan fingerprint density at radius 3 is 2.59 bits per heavy atom. The maximum atomic E-state index is 13.2. The predicted octanol–water partition coefficient (Wildman–Crippen LogP) is 5.94. The molecule has 0 spiro atoms. The van der Waals surface area contributed by atoms with Crippen LogP contribution in [0, 0.1) is 5.92 Å². The van der Waals surface area contributed by atoms with Crippen LogP contribution in [0.3, 0.4) is 0 Å². The summed E-state index contributed by atoms with van der Waals surface area (Å²) in [6, 6.07) is 13.8. The Morgan fingerprint density at radius 1 is 1.09 bits per heavy atom. The molecule has 1 aliphatic carbocycles. The second kappa shape index (κ2) is 11.0. The van der Waals surface area contributed by atoms with Crippen LogP contribution < -0.4 is 10.1 Å². The number of nitrogens with one attached hydrogen (secondary N) is 2. The number of H-pyrrole nitrogens is 1. The van der Waals surface area contributed by atoms with Crippen LogP contribution in [0.5, 0.6) is 5.75 Å². The number of aromatic nitrogens is 2. The molecule has 7 nitrogen and oxygen atoms in total. The van der Waals surface area contributed by atoms with Crippen molar-refractivity contribution in [3.05, 3.63) is 65.5 Å². The van der Waals surface area contributed by atoms with Crippen LogP contribution in [0.4, 0.5) is 5.69 Å². The Hall–Kier alpha value is -3.61. The van der Waals surface area contributed by atoms with Crippen molar-refractivity contribution in [3.63, 3.8) is 0 Å². The van der Waals surface area contributed by atoms with Gasteiger partial charge in [0.15, 0.2) is 0 Å². The van der Waals surface area contributed by atoms with Gasteiger partial charge in [-0.25, -0.2) is 9.78 Å². The van der Waals surface area contributed by atoms with Crippen molar-refractivity contribution in [2.45, 2.75) is 51.4 Å². The second-order valence-electron chi connectivity index (χ2n) is 8.88. The number of hydrogen-bond donors (Lipinski definition) is 3. The van der Waals surface area contributed by atoms with Gasteiger partial charge in [-0.3, -0.25) is 4.79 Å². The van der Waals surface area contributed by atoms with Crippen molar-refractivity contribution in [2.75, 3.05) is 12.4 Å². The van der Waals surface area contributed by atoms with Crippen LogP contribution in [0.15, 0.2) is 48.5 Å². The third kappa shape index (κ3) is 5.84.